The summed E-state index contributed by atoms with van der Waals surface area (Å²) in [7, 11) is 0. The Bertz CT molecular complexity index is 1630. The molecule has 13 heteroatoms. The van der Waals surface area contributed by atoms with E-state index in [1.165, 1.54) is 30.3 Å². The number of hydrogen-bond donors (Lipinski definition) is 1. The Kier molecular flexibility index (Phi) is 6.20. The fraction of sp³-hybridized carbons (Fsp3) is 0.259. The van der Waals surface area contributed by atoms with Crippen molar-refractivity contribution >= 4 is 23.6 Å². The zero-order chi connectivity index (χ0) is 28.1. The first-order valence-electron chi connectivity index (χ1n) is 12.5. The van der Waals surface area contributed by atoms with Crippen molar-refractivity contribution in [1.29, 1.82) is 0 Å². The Labute approximate surface area is 224 Å². The molecule has 3 aromatic rings. The summed E-state index contributed by atoms with van der Waals surface area (Å²) in [6.07, 6.45) is 0.928. The second-order valence-corrected chi connectivity index (χ2v) is 9.58. The maximum absolute atomic E-state index is 15.4. The molecular formula is C27H20F3N5O5. The van der Waals surface area contributed by atoms with Gasteiger partial charge in [0.25, 0.3) is 11.8 Å². The van der Waals surface area contributed by atoms with Gasteiger partial charge in [0.2, 0.25) is 23.5 Å². The van der Waals surface area contributed by atoms with Crippen molar-refractivity contribution in [3.63, 3.8) is 0 Å². The van der Waals surface area contributed by atoms with Crippen molar-refractivity contribution in [3.05, 3.63) is 71.0 Å². The fourth-order valence-corrected chi connectivity index (χ4v) is 5.28. The summed E-state index contributed by atoms with van der Waals surface area (Å²) in [6, 6.07) is 6.48. The predicted octanol–water partition coefficient (Wildman–Crippen LogP) is 2.84. The number of amides is 4. The molecule has 0 spiro atoms. The summed E-state index contributed by atoms with van der Waals surface area (Å²) in [5, 5.41) is 5.99. The number of piperidine rings is 1. The van der Waals surface area contributed by atoms with Gasteiger partial charge >= 0.3 is 0 Å². The summed E-state index contributed by atoms with van der Waals surface area (Å²) in [5.41, 5.74) is -0.172. The van der Waals surface area contributed by atoms with E-state index in [2.05, 4.69) is 15.5 Å². The van der Waals surface area contributed by atoms with Gasteiger partial charge < -0.3 is 9.42 Å². The molecular weight excluding hydrogens is 531 g/mol. The second kappa shape index (κ2) is 9.74. The highest BCUT2D eigenvalue weighted by molar-refractivity contribution is 6.21. The van der Waals surface area contributed by atoms with Gasteiger partial charge in [-0.15, -0.1) is 0 Å². The van der Waals surface area contributed by atoms with E-state index in [1.54, 1.807) is 4.90 Å². The van der Waals surface area contributed by atoms with Crippen LogP contribution in [0.4, 0.5) is 13.2 Å². The first kappa shape index (κ1) is 25.5. The van der Waals surface area contributed by atoms with Crippen LogP contribution < -0.4 is 5.32 Å². The first-order valence-corrected chi connectivity index (χ1v) is 12.5. The number of carbonyl (C=O) groups is 4. The van der Waals surface area contributed by atoms with Crippen molar-refractivity contribution in [1.82, 2.24) is 25.3 Å². The molecule has 4 heterocycles. The van der Waals surface area contributed by atoms with Crippen LogP contribution in [0.1, 0.15) is 31.6 Å². The van der Waals surface area contributed by atoms with E-state index < -0.39 is 47.1 Å². The van der Waals surface area contributed by atoms with E-state index in [-0.39, 0.29) is 59.1 Å². The van der Waals surface area contributed by atoms with Gasteiger partial charge in [-0.1, -0.05) is 29.4 Å². The molecule has 4 amide bonds. The molecule has 6 rings (SSSR count). The third-order valence-corrected chi connectivity index (χ3v) is 7.15. The Hall–Kier alpha value is -4.81. The van der Waals surface area contributed by atoms with E-state index in [0.29, 0.717) is 19.4 Å². The van der Waals surface area contributed by atoms with Crippen molar-refractivity contribution in [2.45, 2.75) is 38.3 Å². The fourth-order valence-electron chi connectivity index (χ4n) is 5.28. The molecule has 0 bridgehead atoms. The number of rotatable bonds is 5. The number of aromatic nitrogens is 2. The standard InChI is InChI=1S/C27H20F3N5O5/c28-17-8-2-5-14(22(17)30)13-4-1-6-15(21(13)29)24-32-20(40-33-24)12-34-11-3-7-16-23(34)27(39)35(26(16)38)18-9-10-19(36)31-25(18)37/h1-2,4-6,8,18H,3,7,9-12H2,(H,31,36,37). The van der Waals surface area contributed by atoms with E-state index >= 15 is 4.39 Å². The van der Waals surface area contributed by atoms with Crippen molar-refractivity contribution < 1.29 is 36.9 Å². The number of nitrogens with one attached hydrogen (secondary N) is 1. The highest BCUT2D eigenvalue weighted by Gasteiger charge is 2.48. The highest BCUT2D eigenvalue weighted by Crippen LogP contribution is 2.35. The highest BCUT2D eigenvalue weighted by atomic mass is 19.2. The summed E-state index contributed by atoms with van der Waals surface area (Å²) in [6.45, 7) is 0.301. The van der Waals surface area contributed by atoms with Crippen molar-refractivity contribution in [2.24, 2.45) is 0 Å². The number of carbonyl (C=O) groups excluding carboxylic acids is 4. The molecule has 0 saturated carbocycles. The van der Waals surface area contributed by atoms with Crippen LogP contribution in [0.2, 0.25) is 0 Å². The van der Waals surface area contributed by atoms with Gasteiger partial charge in [-0.2, -0.15) is 4.98 Å². The smallest absolute Gasteiger partial charge is 0.278 e. The number of imide groups is 2. The zero-order valence-electron chi connectivity index (χ0n) is 20.7. The minimum absolute atomic E-state index is 0.0101. The summed E-state index contributed by atoms with van der Waals surface area (Å²) in [4.78, 5) is 57.1. The van der Waals surface area contributed by atoms with Crippen LogP contribution in [0.15, 0.2) is 52.2 Å². The Morgan fingerprint density at radius 3 is 2.42 bits per heavy atom. The van der Waals surface area contributed by atoms with Crippen molar-refractivity contribution in [3.8, 4) is 22.5 Å². The van der Waals surface area contributed by atoms with Crippen LogP contribution >= 0.6 is 0 Å². The normalized spacial score (nSPS) is 19.4. The number of halogens is 3. The Balaban J connectivity index is 1.25. The summed E-state index contributed by atoms with van der Waals surface area (Å²) in [5.74, 6) is -5.69. The third kappa shape index (κ3) is 4.14. The maximum Gasteiger partial charge on any atom is 0.278 e. The van der Waals surface area contributed by atoms with Crippen LogP contribution in [0.5, 0.6) is 0 Å². The molecule has 1 fully saturated rings. The molecule has 1 N–H and O–H groups in total. The predicted molar refractivity (Wildman–Crippen MR) is 130 cm³/mol. The van der Waals surface area contributed by atoms with Gasteiger partial charge in [-0.05, 0) is 31.4 Å². The minimum Gasteiger partial charge on any atom is -0.357 e. The van der Waals surface area contributed by atoms with Gasteiger partial charge in [0, 0.05) is 29.7 Å². The molecule has 2 aromatic carbocycles. The molecule has 0 aliphatic carbocycles. The SMILES string of the molecule is O=C1CCC(N2C(=O)C3=C(C2=O)N(Cc2nc(-c4cccc(-c5cccc(F)c5F)c4F)no2)CCC3)C(=O)N1. The van der Waals surface area contributed by atoms with E-state index in [4.69, 9.17) is 4.52 Å². The van der Waals surface area contributed by atoms with Crippen LogP contribution in [-0.2, 0) is 25.7 Å². The average Bonchev–Trinajstić information content (AvgIpc) is 3.49. The monoisotopic (exact) mass is 551 g/mol. The topological polar surface area (TPSA) is 126 Å². The van der Waals surface area contributed by atoms with Gasteiger partial charge in [0.15, 0.2) is 11.6 Å². The quantitative estimate of drug-likeness (QED) is 0.480. The van der Waals surface area contributed by atoms with Gasteiger partial charge in [0.05, 0.1) is 12.1 Å². The molecule has 204 valence electrons. The van der Waals surface area contributed by atoms with Crippen LogP contribution in [0.25, 0.3) is 22.5 Å². The molecule has 10 nitrogen and oxygen atoms in total. The lowest BCUT2D eigenvalue weighted by Gasteiger charge is -2.29. The number of nitrogens with zero attached hydrogens (tertiary/aromatic N) is 4. The number of hydrogen-bond acceptors (Lipinski definition) is 8. The van der Waals surface area contributed by atoms with E-state index in [1.807, 2.05) is 0 Å². The Morgan fingerprint density at radius 1 is 0.925 bits per heavy atom. The Morgan fingerprint density at radius 2 is 1.65 bits per heavy atom. The lowest BCUT2D eigenvalue weighted by Crippen LogP contribution is -2.55. The minimum atomic E-state index is -1.19. The molecule has 1 aromatic heterocycles. The van der Waals surface area contributed by atoms with Crippen LogP contribution in [0, 0.1) is 17.5 Å². The second-order valence-electron chi connectivity index (χ2n) is 9.58. The van der Waals surface area contributed by atoms with Gasteiger partial charge in [-0.3, -0.25) is 29.4 Å². The molecule has 3 aliphatic rings. The van der Waals surface area contributed by atoms with Crippen molar-refractivity contribution in [2.75, 3.05) is 6.54 Å². The molecule has 1 saturated heterocycles. The van der Waals surface area contributed by atoms with Crippen LogP contribution in [0.3, 0.4) is 0 Å². The summed E-state index contributed by atoms with van der Waals surface area (Å²) < 4.78 is 48.8. The molecule has 3 aliphatic heterocycles. The van der Waals surface area contributed by atoms with E-state index in [9.17, 15) is 28.0 Å². The molecule has 1 atom stereocenters. The van der Waals surface area contributed by atoms with Crippen LogP contribution in [-0.4, -0.2) is 56.2 Å². The molecule has 40 heavy (non-hydrogen) atoms. The third-order valence-electron chi connectivity index (χ3n) is 7.15. The first-order chi connectivity index (χ1) is 19.2. The van der Waals surface area contributed by atoms with E-state index in [0.717, 1.165) is 11.0 Å². The largest absolute Gasteiger partial charge is 0.357 e. The summed E-state index contributed by atoms with van der Waals surface area (Å²) >= 11 is 0. The lowest BCUT2D eigenvalue weighted by atomic mass is 10.0. The zero-order valence-corrected chi connectivity index (χ0v) is 20.7. The maximum atomic E-state index is 15.4. The lowest BCUT2D eigenvalue weighted by molar-refractivity contribution is -0.150. The average molecular weight is 551 g/mol. The number of benzene rings is 2. The van der Waals surface area contributed by atoms with Gasteiger partial charge in [0.1, 0.15) is 17.6 Å². The van der Waals surface area contributed by atoms with Gasteiger partial charge in [-0.25, -0.2) is 13.2 Å². The molecule has 0 radical (unpaired) electrons. The molecule has 1 unspecified atom stereocenters.